The van der Waals surface area contributed by atoms with Gasteiger partial charge in [-0.15, -0.1) is 11.3 Å². The van der Waals surface area contributed by atoms with Crippen LogP contribution in [-0.2, 0) is 6.42 Å². The van der Waals surface area contributed by atoms with Crippen molar-refractivity contribution in [1.29, 1.82) is 0 Å². The largest absolute Gasteiger partial charge is 0.396 e. The number of hydrogen-bond donors (Lipinski definition) is 1. The summed E-state index contributed by atoms with van der Waals surface area (Å²) in [5.41, 5.74) is 1.31. The summed E-state index contributed by atoms with van der Waals surface area (Å²) >= 11 is 1.70. The molecular weight excluding hydrogens is 194 g/mol. The van der Waals surface area contributed by atoms with Crippen molar-refractivity contribution in [3.63, 3.8) is 0 Å². The first-order valence-corrected chi connectivity index (χ1v) is 5.85. The van der Waals surface area contributed by atoms with Crippen molar-refractivity contribution in [2.45, 2.75) is 40.0 Å². The molecule has 0 aliphatic carbocycles. The van der Waals surface area contributed by atoms with Gasteiger partial charge in [0.05, 0.1) is 17.3 Å². The molecule has 3 heteroatoms. The van der Waals surface area contributed by atoms with Crippen LogP contribution in [-0.4, -0.2) is 16.7 Å². The van der Waals surface area contributed by atoms with Crippen LogP contribution in [0, 0.1) is 5.41 Å². The maximum Gasteiger partial charge on any atom is 0.0933 e. The molecule has 0 aliphatic heterocycles. The smallest absolute Gasteiger partial charge is 0.0933 e. The molecule has 0 radical (unpaired) electrons. The quantitative estimate of drug-likeness (QED) is 0.837. The van der Waals surface area contributed by atoms with Crippen LogP contribution in [0.5, 0.6) is 0 Å². The summed E-state index contributed by atoms with van der Waals surface area (Å²) < 4.78 is 0. The molecule has 0 spiro atoms. The summed E-state index contributed by atoms with van der Waals surface area (Å²) in [5.74, 6) is 0.167. The monoisotopic (exact) mass is 213 g/mol. The minimum atomic E-state index is 0.167. The van der Waals surface area contributed by atoms with E-state index in [2.05, 4.69) is 31.1 Å². The van der Waals surface area contributed by atoms with Gasteiger partial charge in [0.2, 0.25) is 0 Å². The van der Waals surface area contributed by atoms with Crippen LogP contribution >= 0.6 is 11.3 Å². The van der Waals surface area contributed by atoms with Crippen LogP contribution in [0.4, 0.5) is 0 Å². The van der Waals surface area contributed by atoms with E-state index < -0.39 is 0 Å². The van der Waals surface area contributed by atoms with Gasteiger partial charge in [0, 0.05) is 17.7 Å². The fraction of sp³-hybridized carbons (Fsp3) is 0.727. The SMILES string of the molecule is CC(CO)c1csc(CC(C)(C)C)n1. The summed E-state index contributed by atoms with van der Waals surface area (Å²) in [6, 6.07) is 0. The van der Waals surface area contributed by atoms with Crippen molar-refractivity contribution in [3.05, 3.63) is 16.1 Å². The van der Waals surface area contributed by atoms with E-state index in [0.717, 1.165) is 12.1 Å². The predicted octanol–water partition coefficient (Wildman–Crippen LogP) is 2.83. The van der Waals surface area contributed by atoms with E-state index in [1.807, 2.05) is 6.92 Å². The van der Waals surface area contributed by atoms with Crippen molar-refractivity contribution in [2.24, 2.45) is 5.41 Å². The maximum absolute atomic E-state index is 8.99. The molecule has 1 N–H and O–H groups in total. The molecule has 0 bridgehead atoms. The molecular formula is C11H19NOS. The van der Waals surface area contributed by atoms with Gasteiger partial charge in [0.15, 0.2) is 0 Å². The van der Waals surface area contributed by atoms with E-state index in [-0.39, 0.29) is 17.9 Å². The summed E-state index contributed by atoms with van der Waals surface area (Å²) in [6.07, 6.45) is 1.01. The van der Waals surface area contributed by atoms with Crippen molar-refractivity contribution in [1.82, 2.24) is 4.98 Å². The Labute approximate surface area is 90.0 Å². The lowest BCUT2D eigenvalue weighted by atomic mass is 9.93. The first kappa shape index (κ1) is 11.7. The van der Waals surface area contributed by atoms with Crippen LogP contribution in [0.15, 0.2) is 5.38 Å². The van der Waals surface area contributed by atoms with Gasteiger partial charge in [-0.3, -0.25) is 0 Å². The molecule has 1 aromatic heterocycles. The lowest BCUT2D eigenvalue weighted by Gasteiger charge is -2.15. The van der Waals surface area contributed by atoms with Crippen LogP contribution in [0.25, 0.3) is 0 Å². The molecule has 1 unspecified atom stereocenters. The second-order valence-corrected chi connectivity index (χ2v) is 5.93. The number of aliphatic hydroxyl groups is 1. The summed E-state index contributed by atoms with van der Waals surface area (Å²) in [4.78, 5) is 4.52. The number of thiazole rings is 1. The van der Waals surface area contributed by atoms with E-state index in [0.29, 0.717) is 0 Å². The third-order valence-electron chi connectivity index (χ3n) is 2.03. The number of aromatic nitrogens is 1. The van der Waals surface area contributed by atoms with Gasteiger partial charge >= 0.3 is 0 Å². The standard InChI is InChI=1S/C11H19NOS/c1-8(6-13)9-7-14-10(12-9)5-11(2,3)4/h7-8,13H,5-6H2,1-4H3. The van der Waals surface area contributed by atoms with E-state index in [9.17, 15) is 0 Å². The highest BCUT2D eigenvalue weighted by molar-refractivity contribution is 7.09. The molecule has 0 aromatic carbocycles. The zero-order valence-electron chi connectivity index (χ0n) is 9.37. The predicted molar refractivity (Wildman–Crippen MR) is 60.8 cm³/mol. The van der Waals surface area contributed by atoms with E-state index >= 15 is 0 Å². The lowest BCUT2D eigenvalue weighted by Crippen LogP contribution is -2.09. The highest BCUT2D eigenvalue weighted by Crippen LogP contribution is 2.25. The number of hydrogen-bond acceptors (Lipinski definition) is 3. The summed E-state index contributed by atoms with van der Waals surface area (Å²) in [6.45, 7) is 8.81. The minimum absolute atomic E-state index is 0.167. The van der Waals surface area contributed by atoms with Crippen molar-refractivity contribution in [3.8, 4) is 0 Å². The molecule has 1 atom stereocenters. The average molecular weight is 213 g/mol. The summed E-state index contributed by atoms with van der Waals surface area (Å²) in [5, 5.41) is 12.2. The third kappa shape index (κ3) is 3.39. The first-order valence-electron chi connectivity index (χ1n) is 4.97. The molecule has 2 nitrogen and oxygen atoms in total. The van der Waals surface area contributed by atoms with Crippen LogP contribution in [0.3, 0.4) is 0 Å². The van der Waals surface area contributed by atoms with Crippen LogP contribution in [0.1, 0.15) is 44.3 Å². The molecule has 0 aliphatic rings. The Morgan fingerprint density at radius 3 is 2.64 bits per heavy atom. The number of aliphatic hydroxyl groups excluding tert-OH is 1. The van der Waals surface area contributed by atoms with E-state index in [1.165, 1.54) is 5.01 Å². The zero-order valence-corrected chi connectivity index (χ0v) is 10.2. The van der Waals surface area contributed by atoms with Crippen LogP contribution in [0.2, 0.25) is 0 Å². The minimum Gasteiger partial charge on any atom is -0.396 e. The molecule has 1 heterocycles. The normalized spacial score (nSPS) is 14.4. The molecule has 0 fully saturated rings. The number of rotatable bonds is 3. The third-order valence-corrected chi connectivity index (χ3v) is 2.90. The van der Waals surface area contributed by atoms with Crippen molar-refractivity contribution < 1.29 is 5.11 Å². The first-order chi connectivity index (χ1) is 6.42. The Morgan fingerprint density at radius 2 is 2.14 bits per heavy atom. The highest BCUT2D eigenvalue weighted by Gasteiger charge is 2.15. The second-order valence-electron chi connectivity index (χ2n) is 4.99. The van der Waals surface area contributed by atoms with E-state index in [4.69, 9.17) is 5.11 Å². The Bertz CT molecular complexity index is 288. The Kier molecular flexibility index (Phi) is 3.67. The molecule has 0 amide bonds. The Morgan fingerprint density at radius 1 is 1.50 bits per heavy atom. The maximum atomic E-state index is 8.99. The van der Waals surface area contributed by atoms with Crippen molar-refractivity contribution >= 4 is 11.3 Å². The fourth-order valence-electron chi connectivity index (χ4n) is 1.18. The highest BCUT2D eigenvalue weighted by atomic mass is 32.1. The zero-order chi connectivity index (χ0) is 10.8. The number of nitrogens with zero attached hydrogens (tertiary/aromatic N) is 1. The molecule has 80 valence electrons. The van der Waals surface area contributed by atoms with Crippen molar-refractivity contribution in [2.75, 3.05) is 6.61 Å². The van der Waals surface area contributed by atoms with Gasteiger partial charge in [0.1, 0.15) is 0 Å². The van der Waals surface area contributed by atoms with Gasteiger partial charge in [-0.25, -0.2) is 4.98 Å². The average Bonchev–Trinajstić information content (AvgIpc) is 2.48. The van der Waals surface area contributed by atoms with Gasteiger partial charge in [-0.2, -0.15) is 0 Å². The van der Waals surface area contributed by atoms with Gasteiger partial charge in [0.25, 0.3) is 0 Å². The van der Waals surface area contributed by atoms with Gasteiger partial charge in [-0.1, -0.05) is 27.7 Å². The molecule has 14 heavy (non-hydrogen) atoms. The molecule has 1 rings (SSSR count). The van der Waals surface area contributed by atoms with Gasteiger partial charge < -0.3 is 5.11 Å². The van der Waals surface area contributed by atoms with Crippen LogP contribution < -0.4 is 0 Å². The molecule has 0 saturated heterocycles. The second kappa shape index (κ2) is 4.41. The Balaban J connectivity index is 2.69. The topological polar surface area (TPSA) is 33.1 Å². The molecule has 1 aromatic rings. The lowest BCUT2D eigenvalue weighted by molar-refractivity contribution is 0.271. The summed E-state index contributed by atoms with van der Waals surface area (Å²) in [7, 11) is 0. The van der Waals surface area contributed by atoms with Gasteiger partial charge in [-0.05, 0) is 5.41 Å². The fourth-order valence-corrected chi connectivity index (χ4v) is 2.40. The van der Waals surface area contributed by atoms with E-state index in [1.54, 1.807) is 11.3 Å². The Hall–Kier alpha value is -0.410. The molecule has 0 saturated carbocycles.